The lowest BCUT2D eigenvalue weighted by Gasteiger charge is -2.07. The summed E-state index contributed by atoms with van der Waals surface area (Å²) in [5.41, 5.74) is 9.05. The molecule has 0 radical (unpaired) electrons. The van der Waals surface area contributed by atoms with Gasteiger partial charge in [0.15, 0.2) is 0 Å². The Morgan fingerprint density at radius 2 is 1.70 bits per heavy atom. The molecule has 1 unspecified atom stereocenters. The van der Waals surface area contributed by atoms with E-state index in [4.69, 9.17) is 5.73 Å². The summed E-state index contributed by atoms with van der Waals surface area (Å²) in [5, 5.41) is 0. The summed E-state index contributed by atoms with van der Waals surface area (Å²) >= 11 is 0. The molecule has 0 heterocycles. The average molecular weight is 287 g/mol. The lowest BCUT2D eigenvalue weighted by atomic mass is 10.0. The maximum absolute atomic E-state index is 12.4. The third-order valence-corrected chi connectivity index (χ3v) is 4.73. The maximum atomic E-state index is 12.4. The van der Waals surface area contributed by atoms with Crippen LogP contribution in [0.1, 0.15) is 36.5 Å². The Labute approximate surface area is 123 Å². The molecule has 0 bridgehead atoms. The summed E-state index contributed by atoms with van der Waals surface area (Å²) in [6, 6.07) is 16.1. The van der Waals surface area contributed by atoms with Gasteiger partial charge in [-0.25, -0.2) is 0 Å². The monoisotopic (exact) mass is 287 g/mol. The van der Waals surface area contributed by atoms with Crippen LogP contribution in [0.2, 0.25) is 0 Å². The minimum absolute atomic E-state index is 0.499. The normalized spacial score (nSPS) is 12.6. The van der Waals surface area contributed by atoms with Gasteiger partial charge < -0.3 is 5.73 Å². The van der Waals surface area contributed by atoms with Gasteiger partial charge in [0.2, 0.25) is 0 Å². The molecule has 3 heteroatoms. The van der Waals surface area contributed by atoms with Crippen molar-refractivity contribution in [1.82, 2.24) is 0 Å². The smallest absolute Gasteiger partial charge is 0.0574 e. The first kappa shape index (κ1) is 14.9. The van der Waals surface area contributed by atoms with Crippen molar-refractivity contribution in [2.75, 3.05) is 0 Å². The Hall–Kier alpha value is -1.45. The zero-order valence-electron chi connectivity index (χ0n) is 12.0. The molecule has 0 saturated carbocycles. The van der Waals surface area contributed by atoms with Crippen LogP contribution < -0.4 is 5.73 Å². The summed E-state index contributed by atoms with van der Waals surface area (Å²) < 4.78 is 12.4. The molecule has 0 saturated heterocycles. The Morgan fingerprint density at radius 3 is 2.30 bits per heavy atom. The summed E-state index contributed by atoms with van der Waals surface area (Å²) in [7, 11) is -1.01. The van der Waals surface area contributed by atoms with Crippen molar-refractivity contribution in [3.05, 3.63) is 65.2 Å². The molecule has 0 amide bonds. The third-order valence-electron chi connectivity index (χ3n) is 3.33. The van der Waals surface area contributed by atoms with E-state index in [0.717, 1.165) is 16.0 Å². The van der Waals surface area contributed by atoms with Gasteiger partial charge in [0.1, 0.15) is 0 Å². The van der Waals surface area contributed by atoms with Crippen LogP contribution in [0, 0.1) is 0 Å². The lowest BCUT2D eigenvalue weighted by Crippen LogP contribution is -2.00. The van der Waals surface area contributed by atoms with Crippen molar-refractivity contribution in [3.63, 3.8) is 0 Å². The van der Waals surface area contributed by atoms with Crippen LogP contribution in [0.5, 0.6) is 0 Å². The third kappa shape index (κ3) is 3.78. The lowest BCUT2D eigenvalue weighted by molar-refractivity contribution is 0.682. The fraction of sp³-hybridized carbons (Fsp3) is 0.294. The van der Waals surface area contributed by atoms with E-state index in [1.807, 2.05) is 36.4 Å². The molecule has 2 N–H and O–H groups in total. The van der Waals surface area contributed by atoms with Gasteiger partial charge in [-0.3, -0.25) is 4.21 Å². The quantitative estimate of drug-likeness (QED) is 0.913. The summed E-state index contributed by atoms with van der Waals surface area (Å²) in [5.74, 6) is 1.04. The van der Waals surface area contributed by atoms with Gasteiger partial charge in [-0.1, -0.05) is 50.2 Å². The van der Waals surface area contributed by atoms with Crippen molar-refractivity contribution < 1.29 is 4.21 Å². The first-order valence-electron chi connectivity index (χ1n) is 6.86. The van der Waals surface area contributed by atoms with Crippen molar-refractivity contribution in [2.45, 2.75) is 37.0 Å². The van der Waals surface area contributed by atoms with Gasteiger partial charge in [-0.05, 0) is 34.7 Å². The van der Waals surface area contributed by atoms with Crippen LogP contribution in [0.3, 0.4) is 0 Å². The molecule has 0 fully saturated rings. The van der Waals surface area contributed by atoms with E-state index in [1.165, 1.54) is 5.56 Å². The largest absolute Gasteiger partial charge is 0.326 e. The van der Waals surface area contributed by atoms with Crippen molar-refractivity contribution in [1.29, 1.82) is 0 Å². The summed E-state index contributed by atoms with van der Waals surface area (Å²) in [6.45, 7) is 4.83. The van der Waals surface area contributed by atoms with Crippen LogP contribution in [-0.2, 0) is 23.1 Å². The molecule has 0 aliphatic heterocycles. The van der Waals surface area contributed by atoms with Crippen LogP contribution in [0.4, 0.5) is 0 Å². The molecular formula is C17H21NOS. The van der Waals surface area contributed by atoms with E-state index < -0.39 is 10.8 Å². The van der Waals surface area contributed by atoms with E-state index in [1.54, 1.807) is 0 Å². The minimum Gasteiger partial charge on any atom is -0.326 e. The van der Waals surface area contributed by atoms with E-state index in [-0.39, 0.29) is 0 Å². The number of benzene rings is 2. The minimum atomic E-state index is -1.01. The van der Waals surface area contributed by atoms with Gasteiger partial charge in [0, 0.05) is 11.4 Å². The molecule has 0 aliphatic carbocycles. The van der Waals surface area contributed by atoms with Crippen LogP contribution >= 0.6 is 0 Å². The Morgan fingerprint density at radius 1 is 1.05 bits per heavy atom. The highest BCUT2D eigenvalue weighted by atomic mass is 32.2. The fourth-order valence-electron chi connectivity index (χ4n) is 2.09. The molecule has 2 aromatic rings. The van der Waals surface area contributed by atoms with E-state index in [0.29, 0.717) is 18.2 Å². The predicted molar refractivity (Wildman–Crippen MR) is 85.0 cm³/mol. The molecular weight excluding hydrogens is 266 g/mol. The van der Waals surface area contributed by atoms with Crippen LogP contribution in [0.25, 0.3) is 0 Å². The molecule has 106 valence electrons. The Balaban J connectivity index is 2.11. The highest BCUT2D eigenvalue weighted by Crippen LogP contribution is 2.18. The molecule has 0 spiro atoms. The average Bonchev–Trinajstić information content (AvgIpc) is 2.47. The molecule has 20 heavy (non-hydrogen) atoms. The molecule has 0 aromatic heterocycles. The maximum Gasteiger partial charge on any atom is 0.0574 e. The summed E-state index contributed by atoms with van der Waals surface area (Å²) in [4.78, 5) is 0.882. The van der Waals surface area contributed by atoms with E-state index >= 15 is 0 Å². The highest BCUT2D eigenvalue weighted by Gasteiger charge is 2.07. The second-order valence-corrected chi connectivity index (χ2v) is 6.69. The SMILES string of the molecule is CC(C)c1ccc(S(=O)Cc2cccc(CN)c2)cc1. The van der Waals surface area contributed by atoms with Gasteiger partial charge in [0.05, 0.1) is 16.6 Å². The Kier molecular flexibility index (Phi) is 5.10. The standard InChI is InChI=1S/C17H21NOS/c1-13(2)16-6-8-17(9-7-16)20(19)12-15-5-3-4-14(10-15)11-18/h3-10,13H,11-12,18H2,1-2H3. The summed E-state index contributed by atoms with van der Waals surface area (Å²) in [6.07, 6.45) is 0. The highest BCUT2D eigenvalue weighted by molar-refractivity contribution is 7.84. The van der Waals surface area contributed by atoms with E-state index in [9.17, 15) is 4.21 Å². The molecule has 2 nitrogen and oxygen atoms in total. The predicted octanol–water partition coefficient (Wildman–Crippen LogP) is 3.58. The zero-order valence-corrected chi connectivity index (χ0v) is 12.8. The molecule has 2 aromatic carbocycles. The van der Waals surface area contributed by atoms with Crippen LogP contribution in [0.15, 0.2) is 53.4 Å². The first-order valence-corrected chi connectivity index (χ1v) is 8.18. The number of hydrogen-bond donors (Lipinski definition) is 1. The first-order chi connectivity index (χ1) is 9.60. The van der Waals surface area contributed by atoms with Gasteiger partial charge in [0.25, 0.3) is 0 Å². The van der Waals surface area contributed by atoms with Crippen molar-refractivity contribution in [2.24, 2.45) is 5.73 Å². The molecule has 1 atom stereocenters. The van der Waals surface area contributed by atoms with Gasteiger partial charge in [-0.15, -0.1) is 0 Å². The zero-order chi connectivity index (χ0) is 14.5. The van der Waals surface area contributed by atoms with Gasteiger partial charge >= 0.3 is 0 Å². The van der Waals surface area contributed by atoms with E-state index in [2.05, 4.69) is 26.0 Å². The fourth-order valence-corrected chi connectivity index (χ4v) is 3.17. The number of hydrogen-bond acceptors (Lipinski definition) is 2. The topological polar surface area (TPSA) is 43.1 Å². The number of nitrogens with two attached hydrogens (primary N) is 1. The van der Waals surface area contributed by atoms with Crippen molar-refractivity contribution >= 4 is 10.8 Å². The second kappa shape index (κ2) is 6.82. The van der Waals surface area contributed by atoms with Gasteiger partial charge in [-0.2, -0.15) is 0 Å². The Bertz CT molecular complexity index is 590. The molecule has 0 aliphatic rings. The van der Waals surface area contributed by atoms with Crippen LogP contribution in [-0.4, -0.2) is 4.21 Å². The van der Waals surface area contributed by atoms with Crippen molar-refractivity contribution in [3.8, 4) is 0 Å². The number of rotatable bonds is 5. The second-order valence-electron chi connectivity index (χ2n) is 5.24. The molecule has 2 rings (SSSR count).